The van der Waals surface area contributed by atoms with Gasteiger partial charge in [0.25, 0.3) is 0 Å². The van der Waals surface area contributed by atoms with E-state index in [0.717, 1.165) is 24.1 Å². The molecule has 24 heavy (non-hydrogen) atoms. The lowest BCUT2D eigenvalue weighted by Crippen LogP contribution is -2.12. The summed E-state index contributed by atoms with van der Waals surface area (Å²) in [5.74, 6) is 1.80. The Labute approximate surface area is 141 Å². The van der Waals surface area contributed by atoms with Gasteiger partial charge in [-0.15, -0.1) is 0 Å². The van der Waals surface area contributed by atoms with Crippen LogP contribution in [0, 0.1) is 0 Å². The minimum atomic E-state index is 0.0430. The molecule has 0 radical (unpaired) electrons. The maximum atomic E-state index is 5.60. The Bertz CT molecular complexity index is 702. The van der Waals surface area contributed by atoms with E-state index in [-0.39, 0.29) is 6.10 Å². The van der Waals surface area contributed by atoms with Crippen LogP contribution in [0.3, 0.4) is 0 Å². The molecule has 0 amide bonds. The summed E-state index contributed by atoms with van der Waals surface area (Å²) >= 11 is 0. The van der Waals surface area contributed by atoms with Crippen LogP contribution in [-0.4, -0.2) is 33.1 Å². The number of methoxy groups -OCH3 is 3. The zero-order valence-corrected chi connectivity index (χ0v) is 14.1. The first kappa shape index (κ1) is 16.2. The lowest BCUT2D eigenvalue weighted by atomic mass is 10.00. The average molecular weight is 327 g/mol. The molecule has 1 unspecified atom stereocenters. The Morgan fingerprint density at radius 2 is 1.67 bits per heavy atom. The highest BCUT2D eigenvalue weighted by Crippen LogP contribution is 2.39. The molecule has 1 aliphatic rings. The van der Waals surface area contributed by atoms with Crippen molar-refractivity contribution in [3.8, 4) is 17.2 Å². The first-order chi connectivity index (χ1) is 11.7. The molecule has 2 aromatic carbocycles. The number of nitrogens with zero attached hydrogens (tertiary/aromatic N) is 1. The number of rotatable bonds is 6. The highest BCUT2D eigenvalue weighted by atomic mass is 16.6. The first-order valence-electron chi connectivity index (χ1n) is 7.82. The molecule has 126 valence electrons. The van der Waals surface area contributed by atoms with Gasteiger partial charge in [0, 0.05) is 18.4 Å². The van der Waals surface area contributed by atoms with Crippen molar-refractivity contribution in [1.29, 1.82) is 0 Å². The van der Waals surface area contributed by atoms with Gasteiger partial charge in [-0.25, -0.2) is 0 Å². The topological polar surface area (TPSA) is 49.3 Å². The van der Waals surface area contributed by atoms with Crippen molar-refractivity contribution in [2.75, 3.05) is 21.3 Å². The maximum absolute atomic E-state index is 5.60. The molecule has 0 aromatic heterocycles. The van der Waals surface area contributed by atoms with Crippen molar-refractivity contribution in [2.24, 2.45) is 5.16 Å². The number of ether oxygens (including phenoxy) is 3. The fourth-order valence-electron chi connectivity index (χ4n) is 2.83. The lowest BCUT2D eigenvalue weighted by molar-refractivity contribution is 0.0859. The fourth-order valence-corrected chi connectivity index (χ4v) is 2.83. The Morgan fingerprint density at radius 1 is 1.00 bits per heavy atom. The molecular weight excluding hydrogens is 306 g/mol. The molecule has 0 saturated heterocycles. The van der Waals surface area contributed by atoms with Crippen LogP contribution < -0.4 is 14.2 Å². The number of hydrogen-bond donors (Lipinski definition) is 0. The summed E-state index contributed by atoms with van der Waals surface area (Å²) in [5.41, 5.74) is 3.04. The van der Waals surface area contributed by atoms with Crippen LogP contribution in [0.15, 0.2) is 47.6 Å². The SMILES string of the molecule is COc1cc(C2=NOC(Cc3ccccc3)C2)cc(OC)c1OC. The second-order valence-corrected chi connectivity index (χ2v) is 5.57. The van der Waals surface area contributed by atoms with Crippen LogP contribution in [0.5, 0.6) is 17.2 Å². The Hall–Kier alpha value is -2.69. The maximum Gasteiger partial charge on any atom is 0.203 e. The van der Waals surface area contributed by atoms with Crippen molar-refractivity contribution in [3.05, 3.63) is 53.6 Å². The second-order valence-electron chi connectivity index (χ2n) is 5.57. The summed E-state index contributed by atoms with van der Waals surface area (Å²) in [6.07, 6.45) is 1.62. The van der Waals surface area contributed by atoms with E-state index in [1.54, 1.807) is 21.3 Å². The molecule has 1 aliphatic heterocycles. The van der Waals surface area contributed by atoms with E-state index in [2.05, 4.69) is 17.3 Å². The Balaban J connectivity index is 1.78. The third-order valence-electron chi connectivity index (χ3n) is 4.04. The van der Waals surface area contributed by atoms with Gasteiger partial charge < -0.3 is 19.0 Å². The van der Waals surface area contributed by atoms with E-state index in [1.165, 1.54) is 5.56 Å². The fraction of sp³-hybridized carbons (Fsp3) is 0.316. The number of benzene rings is 2. The van der Waals surface area contributed by atoms with Crippen molar-refractivity contribution in [3.63, 3.8) is 0 Å². The molecule has 0 spiro atoms. The van der Waals surface area contributed by atoms with Crippen LogP contribution in [0.4, 0.5) is 0 Å². The van der Waals surface area contributed by atoms with Gasteiger partial charge in [0.15, 0.2) is 11.5 Å². The quantitative estimate of drug-likeness (QED) is 0.815. The summed E-state index contributed by atoms with van der Waals surface area (Å²) in [6.45, 7) is 0. The van der Waals surface area contributed by atoms with Crippen LogP contribution in [0.1, 0.15) is 17.5 Å². The van der Waals surface area contributed by atoms with Gasteiger partial charge in [0.05, 0.1) is 27.0 Å². The molecule has 0 bridgehead atoms. The minimum absolute atomic E-state index is 0.0430. The van der Waals surface area contributed by atoms with E-state index in [0.29, 0.717) is 17.2 Å². The predicted octanol–water partition coefficient (Wildman–Crippen LogP) is 3.45. The van der Waals surface area contributed by atoms with Gasteiger partial charge in [0.2, 0.25) is 5.75 Å². The monoisotopic (exact) mass is 327 g/mol. The predicted molar refractivity (Wildman–Crippen MR) is 92.3 cm³/mol. The zero-order valence-electron chi connectivity index (χ0n) is 14.1. The molecule has 0 N–H and O–H groups in total. The highest BCUT2D eigenvalue weighted by Gasteiger charge is 2.24. The normalized spacial score (nSPS) is 16.3. The number of oxime groups is 1. The molecule has 2 aromatic rings. The molecule has 3 rings (SSSR count). The van der Waals surface area contributed by atoms with E-state index < -0.39 is 0 Å². The summed E-state index contributed by atoms with van der Waals surface area (Å²) in [5, 5.41) is 4.25. The van der Waals surface area contributed by atoms with E-state index in [1.807, 2.05) is 30.3 Å². The molecular formula is C19H21NO4. The van der Waals surface area contributed by atoms with Crippen molar-refractivity contribution >= 4 is 5.71 Å². The third-order valence-corrected chi connectivity index (χ3v) is 4.04. The van der Waals surface area contributed by atoms with Crippen LogP contribution in [0.25, 0.3) is 0 Å². The van der Waals surface area contributed by atoms with Crippen molar-refractivity contribution in [2.45, 2.75) is 18.9 Å². The molecule has 5 nitrogen and oxygen atoms in total. The molecule has 1 heterocycles. The zero-order chi connectivity index (χ0) is 16.9. The summed E-state index contributed by atoms with van der Waals surface area (Å²) in [4.78, 5) is 5.60. The van der Waals surface area contributed by atoms with Gasteiger partial charge >= 0.3 is 0 Å². The van der Waals surface area contributed by atoms with Crippen molar-refractivity contribution < 1.29 is 19.0 Å². The summed E-state index contributed by atoms with van der Waals surface area (Å²) < 4.78 is 16.2. The number of hydrogen-bond acceptors (Lipinski definition) is 5. The van der Waals surface area contributed by atoms with Crippen LogP contribution in [-0.2, 0) is 11.3 Å². The molecule has 0 saturated carbocycles. The van der Waals surface area contributed by atoms with Crippen LogP contribution in [0.2, 0.25) is 0 Å². The first-order valence-corrected chi connectivity index (χ1v) is 7.82. The average Bonchev–Trinajstić information content (AvgIpc) is 3.09. The van der Waals surface area contributed by atoms with E-state index in [4.69, 9.17) is 19.0 Å². The molecule has 1 atom stereocenters. The third kappa shape index (κ3) is 3.30. The van der Waals surface area contributed by atoms with Crippen molar-refractivity contribution in [1.82, 2.24) is 0 Å². The summed E-state index contributed by atoms with van der Waals surface area (Å²) in [6, 6.07) is 14.1. The van der Waals surface area contributed by atoms with E-state index in [9.17, 15) is 0 Å². The highest BCUT2D eigenvalue weighted by molar-refractivity contribution is 6.02. The smallest absolute Gasteiger partial charge is 0.203 e. The molecule has 0 fully saturated rings. The Morgan fingerprint density at radius 3 is 2.25 bits per heavy atom. The molecule has 5 heteroatoms. The Kier molecular flexibility index (Phi) is 4.89. The largest absolute Gasteiger partial charge is 0.493 e. The van der Waals surface area contributed by atoms with Gasteiger partial charge in [0.1, 0.15) is 6.10 Å². The van der Waals surface area contributed by atoms with E-state index >= 15 is 0 Å². The van der Waals surface area contributed by atoms with Crippen LogP contribution >= 0.6 is 0 Å². The minimum Gasteiger partial charge on any atom is -0.493 e. The summed E-state index contributed by atoms with van der Waals surface area (Å²) in [7, 11) is 4.80. The van der Waals surface area contributed by atoms with Gasteiger partial charge in [-0.2, -0.15) is 0 Å². The lowest BCUT2D eigenvalue weighted by Gasteiger charge is -2.13. The van der Waals surface area contributed by atoms with Gasteiger partial charge in [-0.05, 0) is 17.7 Å². The second kappa shape index (κ2) is 7.25. The standard InChI is InChI=1S/C19H21NO4/c1-21-17-10-14(11-18(22-2)19(17)23-3)16-12-15(24-20-16)9-13-7-5-4-6-8-13/h4-8,10-11,15H,9,12H2,1-3H3. The van der Waals surface area contributed by atoms with Gasteiger partial charge in [-0.3, -0.25) is 0 Å². The molecule has 0 aliphatic carbocycles. The van der Waals surface area contributed by atoms with Gasteiger partial charge in [-0.1, -0.05) is 35.5 Å².